The van der Waals surface area contributed by atoms with Gasteiger partial charge in [0, 0.05) is 43.3 Å². The minimum absolute atomic E-state index is 0.0193. The van der Waals surface area contributed by atoms with Crippen LogP contribution in [-0.4, -0.2) is 66.9 Å². The van der Waals surface area contributed by atoms with Crippen molar-refractivity contribution in [2.24, 2.45) is 0 Å². The molecule has 0 saturated carbocycles. The van der Waals surface area contributed by atoms with Gasteiger partial charge in [0.2, 0.25) is 5.91 Å². The zero-order valence-corrected chi connectivity index (χ0v) is 18.2. The Balaban J connectivity index is 1.42. The van der Waals surface area contributed by atoms with Crippen LogP contribution in [0.2, 0.25) is 0 Å². The molecule has 1 fully saturated rings. The lowest BCUT2D eigenvalue weighted by atomic mass is 10.1. The Hall–Kier alpha value is -3.13. The summed E-state index contributed by atoms with van der Waals surface area (Å²) in [6, 6.07) is 14.2. The Labute approximate surface area is 181 Å². The minimum atomic E-state index is -3.50. The molecular weight excluding hydrogens is 414 g/mol. The van der Waals surface area contributed by atoms with E-state index in [-0.39, 0.29) is 28.0 Å². The highest BCUT2D eigenvalue weighted by Crippen LogP contribution is 2.21. The lowest BCUT2D eigenvalue weighted by molar-refractivity contribution is -0.131. The van der Waals surface area contributed by atoms with Crippen LogP contribution in [0.4, 0.5) is 0 Å². The lowest BCUT2D eigenvalue weighted by Gasteiger charge is -2.35. The number of piperazine rings is 1. The van der Waals surface area contributed by atoms with Crippen molar-refractivity contribution in [1.29, 1.82) is 0 Å². The minimum Gasteiger partial charge on any atom is -0.361 e. The highest BCUT2D eigenvalue weighted by atomic mass is 32.2. The maximum Gasteiger partial charge on any atom is 0.255 e. The number of fused-ring (bicyclic) bond motifs is 1. The van der Waals surface area contributed by atoms with Crippen molar-refractivity contribution in [1.82, 2.24) is 14.8 Å². The number of nitrogens with one attached hydrogen (secondary N) is 1. The molecule has 1 aromatic heterocycles. The Morgan fingerprint density at radius 3 is 2.32 bits per heavy atom. The molecule has 7 nitrogen and oxygen atoms in total. The van der Waals surface area contributed by atoms with Gasteiger partial charge in [0.05, 0.1) is 22.6 Å². The van der Waals surface area contributed by atoms with Crippen molar-refractivity contribution in [2.45, 2.75) is 18.2 Å². The van der Waals surface area contributed by atoms with Gasteiger partial charge in [-0.2, -0.15) is 0 Å². The largest absolute Gasteiger partial charge is 0.361 e. The number of benzene rings is 2. The molecule has 0 radical (unpaired) electrons. The van der Waals surface area contributed by atoms with E-state index in [2.05, 4.69) is 4.98 Å². The average molecular weight is 440 g/mol. The molecule has 1 N–H and O–H groups in total. The van der Waals surface area contributed by atoms with Crippen molar-refractivity contribution in [3.8, 4) is 0 Å². The van der Waals surface area contributed by atoms with Crippen LogP contribution in [0.25, 0.3) is 10.9 Å². The molecule has 1 saturated heterocycles. The third kappa shape index (κ3) is 4.20. The van der Waals surface area contributed by atoms with Crippen LogP contribution in [0.5, 0.6) is 0 Å². The number of aromatic nitrogens is 1. The predicted molar refractivity (Wildman–Crippen MR) is 119 cm³/mol. The quantitative estimate of drug-likeness (QED) is 0.661. The molecule has 162 valence electrons. The summed E-state index contributed by atoms with van der Waals surface area (Å²) in [4.78, 5) is 32.5. The molecule has 2 aromatic carbocycles. The fourth-order valence-corrected chi connectivity index (χ4v) is 5.04. The number of carbonyl (C=O) groups excluding carboxylic acids is 2. The topological polar surface area (TPSA) is 90.6 Å². The molecule has 2 heterocycles. The predicted octanol–water partition coefficient (Wildman–Crippen LogP) is 2.49. The fourth-order valence-electron chi connectivity index (χ4n) is 3.95. The second-order valence-electron chi connectivity index (χ2n) is 7.61. The summed E-state index contributed by atoms with van der Waals surface area (Å²) in [6.07, 6.45) is 2.17. The Morgan fingerprint density at radius 1 is 0.935 bits per heavy atom. The van der Waals surface area contributed by atoms with Gasteiger partial charge in [-0.1, -0.05) is 37.3 Å². The molecule has 0 aliphatic carbocycles. The molecule has 1 aliphatic rings. The highest BCUT2D eigenvalue weighted by molar-refractivity contribution is 7.91. The molecule has 0 bridgehead atoms. The Kier molecular flexibility index (Phi) is 5.82. The number of hydrogen-bond donors (Lipinski definition) is 1. The van der Waals surface area contributed by atoms with Crippen LogP contribution >= 0.6 is 0 Å². The normalized spacial score (nSPS) is 14.7. The first-order valence-corrected chi connectivity index (χ1v) is 12.0. The average Bonchev–Trinajstić information content (AvgIpc) is 3.21. The number of carbonyl (C=O) groups is 2. The third-order valence-electron chi connectivity index (χ3n) is 5.77. The first-order chi connectivity index (χ1) is 14.9. The monoisotopic (exact) mass is 439 g/mol. The molecular formula is C23H25N3O4S. The van der Waals surface area contributed by atoms with Gasteiger partial charge in [-0.05, 0) is 23.8 Å². The van der Waals surface area contributed by atoms with Crippen LogP contribution in [0, 0.1) is 0 Å². The molecule has 0 atom stereocenters. The summed E-state index contributed by atoms with van der Waals surface area (Å²) >= 11 is 0. The molecule has 1 aliphatic heterocycles. The number of para-hydroxylation sites is 1. The van der Waals surface area contributed by atoms with Crippen LogP contribution in [0.15, 0.2) is 59.6 Å². The van der Waals surface area contributed by atoms with Gasteiger partial charge in [0.15, 0.2) is 9.84 Å². The van der Waals surface area contributed by atoms with E-state index >= 15 is 0 Å². The number of sulfone groups is 1. The first kappa shape index (κ1) is 21.1. The number of nitrogens with zero attached hydrogens (tertiary/aromatic N) is 2. The van der Waals surface area contributed by atoms with E-state index in [1.807, 2.05) is 30.5 Å². The SMILES string of the molecule is CCS(=O)(=O)c1ccccc1C(=O)N1CCN(C(=O)Cc2c[nH]c3ccccc23)CC1. The Bertz CT molecular complexity index is 1220. The molecule has 8 heteroatoms. The zero-order chi connectivity index (χ0) is 22.0. The van der Waals surface area contributed by atoms with Gasteiger partial charge in [-0.25, -0.2) is 8.42 Å². The van der Waals surface area contributed by atoms with Crippen molar-refractivity contribution >= 4 is 32.6 Å². The van der Waals surface area contributed by atoms with Gasteiger partial charge in [-0.3, -0.25) is 9.59 Å². The molecule has 2 amide bonds. The van der Waals surface area contributed by atoms with E-state index in [4.69, 9.17) is 0 Å². The van der Waals surface area contributed by atoms with E-state index in [1.165, 1.54) is 6.07 Å². The highest BCUT2D eigenvalue weighted by Gasteiger charge is 2.28. The molecule has 31 heavy (non-hydrogen) atoms. The maximum absolute atomic E-state index is 13.0. The summed E-state index contributed by atoms with van der Waals surface area (Å²) in [6.45, 7) is 3.16. The van der Waals surface area contributed by atoms with Gasteiger partial charge in [-0.15, -0.1) is 0 Å². The van der Waals surface area contributed by atoms with Crippen molar-refractivity contribution in [2.75, 3.05) is 31.9 Å². The summed E-state index contributed by atoms with van der Waals surface area (Å²) in [5, 5.41) is 1.04. The van der Waals surface area contributed by atoms with E-state index in [9.17, 15) is 18.0 Å². The van der Waals surface area contributed by atoms with Gasteiger partial charge in [0.1, 0.15) is 0 Å². The van der Waals surface area contributed by atoms with E-state index in [0.717, 1.165) is 16.5 Å². The summed E-state index contributed by atoms with van der Waals surface area (Å²) in [5.41, 5.74) is 2.15. The molecule has 4 rings (SSSR count). The van der Waals surface area contributed by atoms with Crippen molar-refractivity contribution in [3.63, 3.8) is 0 Å². The van der Waals surface area contributed by atoms with Gasteiger partial charge in [0.25, 0.3) is 5.91 Å². The smallest absolute Gasteiger partial charge is 0.255 e. The number of hydrogen-bond acceptors (Lipinski definition) is 4. The second kappa shape index (κ2) is 8.55. The zero-order valence-electron chi connectivity index (χ0n) is 17.4. The fraction of sp³-hybridized carbons (Fsp3) is 0.304. The van der Waals surface area contributed by atoms with Crippen LogP contribution in [0.3, 0.4) is 0 Å². The summed E-state index contributed by atoms with van der Waals surface area (Å²) in [5.74, 6) is -0.352. The van der Waals surface area contributed by atoms with Crippen LogP contribution in [-0.2, 0) is 21.1 Å². The van der Waals surface area contributed by atoms with E-state index in [1.54, 1.807) is 34.9 Å². The maximum atomic E-state index is 13.0. The van der Waals surface area contributed by atoms with E-state index in [0.29, 0.717) is 32.6 Å². The van der Waals surface area contributed by atoms with Gasteiger partial charge < -0.3 is 14.8 Å². The summed E-state index contributed by atoms with van der Waals surface area (Å²) < 4.78 is 24.7. The first-order valence-electron chi connectivity index (χ1n) is 10.3. The summed E-state index contributed by atoms with van der Waals surface area (Å²) in [7, 11) is -3.50. The molecule has 3 aromatic rings. The number of rotatable bonds is 5. The Morgan fingerprint density at radius 2 is 1.58 bits per heavy atom. The van der Waals surface area contributed by atoms with Gasteiger partial charge >= 0.3 is 0 Å². The molecule has 0 spiro atoms. The number of H-pyrrole nitrogens is 1. The third-order valence-corrected chi connectivity index (χ3v) is 7.55. The van der Waals surface area contributed by atoms with Crippen LogP contribution < -0.4 is 0 Å². The van der Waals surface area contributed by atoms with Crippen LogP contribution in [0.1, 0.15) is 22.8 Å². The van der Waals surface area contributed by atoms with E-state index < -0.39 is 9.84 Å². The number of aromatic amines is 1. The van der Waals surface area contributed by atoms with Crippen molar-refractivity contribution in [3.05, 3.63) is 65.9 Å². The number of amides is 2. The lowest BCUT2D eigenvalue weighted by Crippen LogP contribution is -2.51. The molecule has 0 unspecified atom stereocenters. The second-order valence-corrected chi connectivity index (χ2v) is 9.86. The standard InChI is InChI=1S/C23H25N3O4S/c1-2-31(29,30)21-10-6-4-8-19(21)23(28)26-13-11-25(12-14-26)22(27)15-17-16-24-20-9-5-3-7-18(17)20/h3-10,16,24H,2,11-15H2,1H3. The van der Waals surface area contributed by atoms with Crippen molar-refractivity contribution < 1.29 is 18.0 Å².